The van der Waals surface area contributed by atoms with Gasteiger partial charge < -0.3 is 9.80 Å². The van der Waals surface area contributed by atoms with Crippen LogP contribution in [0.2, 0.25) is 5.28 Å². The number of carbonyl (C=O) groups is 1. The van der Waals surface area contributed by atoms with Crippen LogP contribution in [-0.2, 0) is 14.8 Å². The van der Waals surface area contributed by atoms with Crippen LogP contribution in [-0.4, -0.2) is 70.5 Å². The van der Waals surface area contributed by atoms with E-state index in [-0.39, 0.29) is 38.2 Å². The zero-order valence-electron chi connectivity index (χ0n) is 20.4. The Morgan fingerprint density at radius 2 is 1.89 bits per heavy atom. The first-order valence-corrected chi connectivity index (χ1v) is 14.5. The van der Waals surface area contributed by atoms with Crippen LogP contribution in [0.4, 0.5) is 14.6 Å². The maximum atomic E-state index is 13.4. The number of piperazine rings is 1. The second-order valence-electron chi connectivity index (χ2n) is 9.51. The van der Waals surface area contributed by atoms with Crippen LogP contribution in [0.1, 0.15) is 38.1 Å². The summed E-state index contributed by atoms with van der Waals surface area (Å²) in [7, 11) is -4.15. The fourth-order valence-corrected chi connectivity index (χ4v) is 6.66. The van der Waals surface area contributed by atoms with Gasteiger partial charge in [-0.25, -0.2) is 22.2 Å². The van der Waals surface area contributed by atoms with E-state index in [1.807, 2.05) is 24.8 Å². The van der Waals surface area contributed by atoms with Gasteiger partial charge in [0.15, 0.2) is 10.0 Å². The topological polar surface area (TPSA) is 137 Å². The number of imidazole rings is 1. The largest absolute Gasteiger partial charge is 0.354 e. The quantitative estimate of drug-likeness (QED) is 0.447. The summed E-state index contributed by atoms with van der Waals surface area (Å²) < 4.78 is 57.1. The van der Waals surface area contributed by atoms with Crippen molar-refractivity contribution >= 4 is 50.2 Å². The van der Waals surface area contributed by atoms with Gasteiger partial charge in [0.2, 0.25) is 21.2 Å². The maximum absolute atomic E-state index is 13.4. The summed E-state index contributed by atoms with van der Waals surface area (Å²) in [6.07, 6.45) is -2.03. The highest BCUT2D eigenvalue weighted by Crippen LogP contribution is 2.39. The molecular weight excluding hydrogens is 562 g/mol. The number of carbonyl (C=O) groups excluding carboxylic acids is 1. The average Bonchev–Trinajstić information content (AvgIpc) is 3.31. The molecule has 0 aromatic carbocycles. The van der Waals surface area contributed by atoms with Gasteiger partial charge in [0.25, 0.3) is 6.43 Å². The minimum absolute atomic E-state index is 0.0212. The highest BCUT2D eigenvalue weighted by atomic mass is 35.5. The normalized spacial score (nSPS) is 17.4. The first kappa shape index (κ1) is 26.7. The number of alkyl halides is 2. The van der Waals surface area contributed by atoms with Crippen molar-refractivity contribution in [2.45, 2.75) is 43.5 Å². The van der Waals surface area contributed by atoms with E-state index in [1.54, 1.807) is 4.90 Å². The van der Waals surface area contributed by atoms with E-state index in [2.05, 4.69) is 19.9 Å². The number of hydrogen-bond acceptors (Lipinski definition) is 9. The number of nitrogens with zero attached hydrogens (tertiary/aromatic N) is 7. The predicted octanol–water partition coefficient (Wildman–Crippen LogP) is 3.08. The number of hydrogen-bond donors (Lipinski definition) is 1. The molecule has 0 unspecified atom stereocenters. The van der Waals surface area contributed by atoms with Crippen molar-refractivity contribution in [2.24, 2.45) is 5.92 Å². The molecule has 2 fully saturated rings. The molecule has 0 radical (unpaired) electrons. The van der Waals surface area contributed by atoms with E-state index in [1.165, 1.54) is 16.5 Å². The molecule has 5 rings (SSSR count). The van der Waals surface area contributed by atoms with Crippen molar-refractivity contribution in [2.75, 3.05) is 31.1 Å². The number of pyridine rings is 1. The molecule has 1 aliphatic carbocycles. The molecule has 4 heterocycles. The van der Waals surface area contributed by atoms with Crippen molar-refractivity contribution in [3.05, 3.63) is 22.4 Å². The van der Waals surface area contributed by atoms with Crippen LogP contribution in [0.5, 0.6) is 0 Å². The van der Waals surface area contributed by atoms with Gasteiger partial charge in [-0.05, 0) is 36.6 Å². The molecule has 1 N–H and O–H groups in total. The summed E-state index contributed by atoms with van der Waals surface area (Å²) in [6.45, 7) is 5.27. The molecule has 16 heteroatoms. The lowest BCUT2D eigenvalue weighted by Crippen LogP contribution is -2.50. The van der Waals surface area contributed by atoms with E-state index in [4.69, 9.17) is 11.6 Å². The third-order valence-corrected chi connectivity index (χ3v) is 9.20. The predicted molar refractivity (Wildman–Crippen MR) is 136 cm³/mol. The lowest BCUT2D eigenvalue weighted by molar-refractivity contribution is -0.134. The van der Waals surface area contributed by atoms with Crippen molar-refractivity contribution in [1.29, 1.82) is 5.26 Å². The van der Waals surface area contributed by atoms with Crippen LogP contribution in [0.15, 0.2) is 17.0 Å². The molecule has 2 aliphatic rings. The Morgan fingerprint density at radius 1 is 1.21 bits per heavy atom. The second kappa shape index (κ2) is 9.67. The van der Waals surface area contributed by atoms with Gasteiger partial charge in [0.05, 0.1) is 16.5 Å². The zero-order valence-corrected chi connectivity index (χ0v) is 22.7. The number of fused-ring (bicyclic) bond motifs is 1. The van der Waals surface area contributed by atoms with Gasteiger partial charge in [-0.15, -0.1) is 10.2 Å². The van der Waals surface area contributed by atoms with E-state index in [0.717, 1.165) is 0 Å². The van der Waals surface area contributed by atoms with E-state index < -0.39 is 27.0 Å². The Labute approximate surface area is 226 Å². The highest BCUT2D eigenvalue weighted by Gasteiger charge is 2.47. The molecular formula is C22H23ClF2N8O3S2. The number of nitriles is 1. The van der Waals surface area contributed by atoms with Crippen LogP contribution in [0.25, 0.3) is 16.2 Å². The zero-order chi connectivity index (χ0) is 27.4. The van der Waals surface area contributed by atoms with Crippen molar-refractivity contribution < 1.29 is 22.0 Å². The number of aromatic nitrogens is 4. The van der Waals surface area contributed by atoms with Crippen molar-refractivity contribution in [3.63, 3.8) is 0 Å². The number of nitrogens with one attached hydrogen (secondary N) is 1. The lowest BCUT2D eigenvalue weighted by Gasteiger charge is -2.37. The molecule has 1 amide bonds. The molecule has 1 aliphatic heterocycles. The molecule has 202 valence electrons. The van der Waals surface area contributed by atoms with Crippen molar-refractivity contribution in [1.82, 2.24) is 29.2 Å². The van der Waals surface area contributed by atoms with E-state index in [0.29, 0.717) is 56.2 Å². The number of sulfonamides is 1. The first-order chi connectivity index (χ1) is 17.9. The Bertz CT molecular complexity index is 1550. The Kier molecular flexibility index (Phi) is 6.79. The molecule has 3 aromatic rings. The minimum atomic E-state index is -4.15. The summed E-state index contributed by atoms with van der Waals surface area (Å²) in [5.41, 5.74) is -0.819. The molecule has 3 aromatic heterocycles. The smallest absolute Gasteiger partial charge is 0.291 e. The van der Waals surface area contributed by atoms with Crippen LogP contribution >= 0.6 is 22.9 Å². The third kappa shape index (κ3) is 4.81. The maximum Gasteiger partial charge on any atom is 0.291 e. The van der Waals surface area contributed by atoms with Gasteiger partial charge in [0.1, 0.15) is 17.1 Å². The van der Waals surface area contributed by atoms with Crippen molar-refractivity contribution in [3.8, 4) is 16.8 Å². The first-order valence-electron chi connectivity index (χ1n) is 11.8. The van der Waals surface area contributed by atoms with Gasteiger partial charge in [-0.1, -0.05) is 25.2 Å². The summed E-state index contributed by atoms with van der Waals surface area (Å²) in [5.74, 6) is 0.262. The molecule has 0 spiro atoms. The molecule has 0 bridgehead atoms. The molecule has 1 saturated heterocycles. The Hall–Kier alpha value is -2.93. The summed E-state index contributed by atoms with van der Waals surface area (Å²) in [5, 5.41) is 16.3. The second-order valence-corrected chi connectivity index (χ2v) is 12.5. The van der Waals surface area contributed by atoms with Gasteiger partial charge in [-0.3, -0.25) is 9.20 Å². The standard InChI is InChI=1S/C22H23ClF2N8O3S2/c1-12(2)20(34)32-7-5-31(6-8-32)15-10-13(38(35,36)30-22(11-26)3-4-22)9-14-16(27-21(23)33(14)15)18-28-29-19(37-18)17(24)25/h9-10,12,17,30H,3-8H2,1-2H3. The van der Waals surface area contributed by atoms with Crippen LogP contribution < -0.4 is 9.62 Å². The summed E-state index contributed by atoms with van der Waals surface area (Å²) >= 11 is 7.14. The summed E-state index contributed by atoms with van der Waals surface area (Å²) in [4.78, 5) is 20.3. The van der Waals surface area contributed by atoms with Gasteiger partial charge in [-0.2, -0.15) is 9.98 Å². The Morgan fingerprint density at radius 3 is 2.45 bits per heavy atom. The molecule has 0 atom stereocenters. The number of halogens is 3. The van der Waals surface area contributed by atoms with Crippen LogP contribution in [0, 0.1) is 17.2 Å². The number of amides is 1. The number of rotatable bonds is 7. The fourth-order valence-electron chi connectivity index (χ4n) is 4.29. The third-order valence-electron chi connectivity index (χ3n) is 6.49. The fraction of sp³-hybridized carbons (Fsp3) is 0.500. The molecule has 38 heavy (non-hydrogen) atoms. The van der Waals surface area contributed by atoms with Gasteiger partial charge >= 0.3 is 0 Å². The number of anilines is 1. The van der Waals surface area contributed by atoms with Crippen LogP contribution in [0.3, 0.4) is 0 Å². The van der Waals surface area contributed by atoms with E-state index in [9.17, 15) is 27.3 Å². The van der Waals surface area contributed by atoms with E-state index >= 15 is 0 Å². The minimum Gasteiger partial charge on any atom is -0.354 e. The summed E-state index contributed by atoms with van der Waals surface area (Å²) in [6, 6.07) is 4.77. The van der Waals surface area contributed by atoms with Gasteiger partial charge in [0, 0.05) is 32.1 Å². The highest BCUT2D eigenvalue weighted by molar-refractivity contribution is 7.89. The average molecular weight is 585 g/mol. The molecule has 1 saturated carbocycles. The monoisotopic (exact) mass is 584 g/mol. The lowest BCUT2D eigenvalue weighted by atomic mass is 10.1. The molecule has 11 nitrogen and oxygen atoms in total. The Balaban J connectivity index is 1.62. The SMILES string of the molecule is CC(C)C(=O)N1CCN(c2cc(S(=O)(=O)NC3(C#N)CC3)cc3c(-c4nnc(C(F)F)s4)nc(Cl)n23)CC1.